The molecule has 15 heavy (non-hydrogen) atoms. The van der Waals surface area contributed by atoms with Crippen LogP contribution in [0.4, 0.5) is 0 Å². The number of nitrogens with zero attached hydrogens (tertiary/aromatic N) is 1. The van der Waals surface area contributed by atoms with E-state index in [2.05, 4.69) is 5.32 Å². The lowest BCUT2D eigenvalue weighted by molar-refractivity contribution is -0.125. The number of nitrogens with two attached hydrogens (primary N) is 1. The first kappa shape index (κ1) is 13.9. The van der Waals surface area contributed by atoms with Crippen molar-refractivity contribution in [2.24, 2.45) is 5.84 Å². The fourth-order valence-corrected chi connectivity index (χ4v) is 1.10. The number of amides is 2. The van der Waals surface area contributed by atoms with Crippen molar-refractivity contribution >= 4 is 11.8 Å². The molecule has 0 spiro atoms. The van der Waals surface area contributed by atoms with E-state index < -0.39 is 0 Å². The van der Waals surface area contributed by atoms with Crippen LogP contribution in [-0.4, -0.2) is 42.4 Å². The standard InChI is InChI=1S/C9H20N4O2/c1-4-13(6-9(15)12-10)5-8(14)11-7(2)3/h7H,4-6,10H2,1-3H3,(H,11,14)(H,12,15). The predicted octanol–water partition coefficient (Wildman–Crippen LogP) is -1.18. The van der Waals surface area contributed by atoms with Gasteiger partial charge in [0.15, 0.2) is 0 Å². The summed E-state index contributed by atoms with van der Waals surface area (Å²) in [6, 6.07) is 0.111. The molecule has 88 valence electrons. The lowest BCUT2D eigenvalue weighted by atomic mass is 10.3. The van der Waals surface area contributed by atoms with Gasteiger partial charge in [-0.25, -0.2) is 5.84 Å². The van der Waals surface area contributed by atoms with Crippen molar-refractivity contribution < 1.29 is 9.59 Å². The smallest absolute Gasteiger partial charge is 0.248 e. The van der Waals surface area contributed by atoms with Gasteiger partial charge in [0.25, 0.3) is 0 Å². The quantitative estimate of drug-likeness (QED) is 0.296. The number of carbonyl (C=O) groups is 2. The Kier molecular flexibility index (Phi) is 6.64. The molecule has 0 saturated carbocycles. The van der Waals surface area contributed by atoms with E-state index in [1.54, 1.807) is 4.90 Å². The summed E-state index contributed by atoms with van der Waals surface area (Å²) in [6.45, 7) is 6.63. The summed E-state index contributed by atoms with van der Waals surface area (Å²) in [4.78, 5) is 24.1. The Labute approximate surface area is 90.2 Å². The van der Waals surface area contributed by atoms with Gasteiger partial charge >= 0.3 is 0 Å². The molecule has 0 aliphatic heterocycles. The highest BCUT2D eigenvalue weighted by atomic mass is 16.2. The normalized spacial score (nSPS) is 10.5. The highest BCUT2D eigenvalue weighted by molar-refractivity contribution is 5.80. The van der Waals surface area contributed by atoms with Gasteiger partial charge in [0.05, 0.1) is 13.1 Å². The monoisotopic (exact) mass is 216 g/mol. The van der Waals surface area contributed by atoms with Gasteiger partial charge in [0.1, 0.15) is 0 Å². The molecule has 0 aliphatic carbocycles. The number of hydrazine groups is 1. The van der Waals surface area contributed by atoms with Crippen LogP contribution in [0.2, 0.25) is 0 Å². The molecule has 0 aromatic heterocycles. The Morgan fingerprint density at radius 2 is 1.80 bits per heavy atom. The molecular weight excluding hydrogens is 196 g/mol. The highest BCUT2D eigenvalue weighted by Crippen LogP contribution is 1.88. The van der Waals surface area contributed by atoms with Crippen LogP contribution in [-0.2, 0) is 9.59 Å². The van der Waals surface area contributed by atoms with E-state index in [1.807, 2.05) is 26.2 Å². The van der Waals surface area contributed by atoms with Crippen molar-refractivity contribution in [3.8, 4) is 0 Å². The van der Waals surface area contributed by atoms with Gasteiger partial charge in [-0.3, -0.25) is 19.9 Å². The van der Waals surface area contributed by atoms with Crippen LogP contribution in [0.1, 0.15) is 20.8 Å². The summed E-state index contributed by atoms with van der Waals surface area (Å²) in [5.74, 6) is 4.58. The summed E-state index contributed by atoms with van der Waals surface area (Å²) in [6.07, 6.45) is 0. The van der Waals surface area contributed by atoms with Crippen LogP contribution in [0.15, 0.2) is 0 Å². The maximum absolute atomic E-state index is 11.4. The molecule has 0 radical (unpaired) electrons. The van der Waals surface area contributed by atoms with Gasteiger partial charge in [-0.1, -0.05) is 6.92 Å². The maximum Gasteiger partial charge on any atom is 0.248 e. The molecule has 6 heteroatoms. The van der Waals surface area contributed by atoms with Gasteiger partial charge in [-0.2, -0.15) is 0 Å². The second kappa shape index (κ2) is 7.19. The first-order chi connectivity index (χ1) is 6.99. The highest BCUT2D eigenvalue weighted by Gasteiger charge is 2.12. The molecule has 0 aromatic carbocycles. The van der Waals surface area contributed by atoms with Gasteiger partial charge < -0.3 is 5.32 Å². The summed E-state index contributed by atoms with van der Waals surface area (Å²) < 4.78 is 0. The molecule has 0 saturated heterocycles. The molecule has 6 nitrogen and oxygen atoms in total. The lowest BCUT2D eigenvalue weighted by Crippen LogP contribution is -2.45. The van der Waals surface area contributed by atoms with E-state index in [9.17, 15) is 9.59 Å². The number of rotatable bonds is 6. The average Bonchev–Trinajstić information content (AvgIpc) is 2.15. The van der Waals surface area contributed by atoms with E-state index >= 15 is 0 Å². The predicted molar refractivity (Wildman–Crippen MR) is 57.7 cm³/mol. The van der Waals surface area contributed by atoms with Crippen LogP contribution in [0.5, 0.6) is 0 Å². The minimum Gasteiger partial charge on any atom is -0.353 e. The van der Waals surface area contributed by atoms with Crippen LogP contribution in [0.3, 0.4) is 0 Å². The largest absolute Gasteiger partial charge is 0.353 e. The van der Waals surface area contributed by atoms with Crippen molar-refractivity contribution in [1.29, 1.82) is 0 Å². The van der Waals surface area contributed by atoms with Gasteiger partial charge in [-0.15, -0.1) is 0 Å². The minimum atomic E-state index is -0.297. The van der Waals surface area contributed by atoms with Crippen molar-refractivity contribution in [2.75, 3.05) is 19.6 Å². The van der Waals surface area contributed by atoms with Gasteiger partial charge in [0, 0.05) is 6.04 Å². The van der Waals surface area contributed by atoms with Crippen molar-refractivity contribution in [2.45, 2.75) is 26.8 Å². The van der Waals surface area contributed by atoms with Crippen LogP contribution in [0, 0.1) is 0 Å². The van der Waals surface area contributed by atoms with E-state index in [0.717, 1.165) is 0 Å². The molecule has 4 N–H and O–H groups in total. The Morgan fingerprint density at radius 3 is 2.20 bits per heavy atom. The average molecular weight is 216 g/mol. The number of likely N-dealkylation sites (N-methyl/N-ethyl adjacent to an activating group) is 1. The summed E-state index contributed by atoms with van der Waals surface area (Å²) >= 11 is 0. The van der Waals surface area contributed by atoms with Crippen molar-refractivity contribution in [3.63, 3.8) is 0 Å². The van der Waals surface area contributed by atoms with Gasteiger partial charge in [-0.05, 0) is 20.4 Å². The second-order valence-corrected chi connectivity index (χ2v) is 3.59. The number of carbonyl (C=O) groups excluding carboxylic acids is 2. The Morgan fingerprint density at radius 1 is 1.27 bits per heavy atom. The Bertz CT molecular complexity index is 218. The number of hydrogen-bond donors (Lipinski definition) is 3. The zero-order valence-electron chi connectivity index (χ0n) is 9.54. The van der Waals surface area contributed by atoms with E-state index in [-0.39, 0.29) is 30.9 Å². The SMILES string of the molecule is CCN(CC(=O)NN)CC(=O)NC(C)C. The van der Waals surface area contributed by atoms with Crippen LogP contribution >= 0.6 is 0 Å². The summed E-state index contributed by atoms with van der Waals surface area (Å²) in [5.41, 5.74) is 2.03. The van der Waals surface area contributed by atoms with Gasteiger partial charge in [0.2, 0.25) is 11.8 Å². The molecule has 0 aromatic rings. The number of nitrogens with one attached hydrogen (secondary N) is 2. The topological polar surface area (TPSA) is 87.5 Å². The first-order valence-electron chi connectivity index (χ1n) is 5.00. The Hall–Kier alpha value is -1.14. The zero-order valence-corrected chi connectivity index (χ0v) is 9.54. The molecule has 0 aliphatic rings. The fraction of sp³-hybridized carbons (Fsp3) is 0.778. The lowest BCUT2D eigenvalue weighted by Gasteiger charge is -2.19. The number of hydrogen-bond acceptors (Lipinski definition) is 4. The zero-order chi connectivity index (χ0) is 11.8. The van der Waals surface area contributed by atoms with Crippen molar-refractivity contribution in [1.82, 2.24) is 15.6 Å². The molecule has 0 bridgehead atoms. The van der Waals surface area contributed by atoms with E-state index in [0.29, 0.717) is 6.54 Å². The fourth-order valence-electron chi connectivity index (χ4n) is 1.10. The molecule has 2 amide bonds. The van der Waals surface area contributed by atoms with Crippen LogP contribution in [0.25, 0.3) is 0 Å². The molecule has 0 atom stereocenters. The third-order valence-corrected chi connectivity index (χ3v) is 1.79. The molecular formula is C9H20N4O2. The Balaban J connectivity index is 3.98. The maximum atomic E-state index is 11.4. The van der Waals surface area contributed by atoms with E-state index in [1.165, 1.54) is 0 Å². The molecule has 0 heterocycles. The molecule has 0 unspecified atom stereocenters. The second-order valence-electron chi connectivity index (χ2n) is 3.59. The molecule has 0 fully saturated rings. The van der Waals surface area contributed by atoms with Crippen molar-refractivity contribution in [3.05, 3.63) is 0 Å². The van der Waals surface area contributed by atoms with Crippen LogP contribution < -0.4 is 16.6 Å². The third-order valence-electron chi connectivity index (χ3n) is 1.79. The molecule has 0 rings (SSSR count). The minimum absolute atomic E-state index is 0.0864. The summed E-state index contributed by atoms with van der Waals surface area (Å²) in [5, 5.41) is 2.76. The summed E-state index contributed by atoms with van der Waals surface area (Å²) in [7, 11) is 0. The van der Waals surface area contributed by atoms with E-state index in [4.69, 9.17) is 5.84 Å². The first-order valence-corrected chi connectivity index (χ1v) is 5.00. The third kappa shape index (κ3) is 6.87.